The molecule has 0 atom stereocenters. The van der Waals surface area contributed by atoms with E-state index in [4.69, 9.17) is 9.47 Å². The molecule has 118 valence electrons. The Kier molecular flexibility index (Phi) is 5.33. The number of hydrogen-bond donors (Lipinski definition) is 1. The number of benzene rings is 1. The van der Waals surface area contributed by atoms with Crippen LogP contribution in [0.15, 0.2) is 30.5 Å². The van der Waals surface area contributed by atoms with Gasteiger partial charge >= 0.3 is 0 Å². The molecule has 4 nitrogen and oxygen atoms in total. The van der Waals surface area contributed by atoms with Crippen molar-refractivity contribution in [2.45, 2.75) is 20.5 Å². The summed E-state index contributed by atoms with van der Waals surface area (Å²) in [6, 6.07) is 6.15. The van der Waals surface area contributed by atoms with Gasteiger partial charge in [0, 0.05) is 11.8 Å². The molecule has 0 radical (unpaired) electrons. The number of pyridine rings is 1. The Morgan fingerprint density at radius 3 is 2.68 bits per heavy atom. The first-order chi connectivity index (χ1) is 10.5. The van der Waals surface area contributed by atoms with Gasteiger partial charge in [0.2, 0.25) is 0 Å². The van der Waals surface area contributed by atoms with Crippen LogP contribution in [0.5, 0.6) is 11.5 Å². The molecule has 2 aromatic rings. The third-order valence-corrected chi connectivity index (χ3v) is 3.09. The van der Waals surface area contributed by atoms with Gasteiger partial charge in [0.05, 0.1) is 20.3 Å². The average Bonchev–Trinajstić information content (AvgIpc) is 2.53. The highest BCUT2D eigenvalue weighted by Crippen LogP contribution is 2.33. The predicted molar refractivity (Wildman–Crippen MR) is 82.4 cm³/mol. The molecule has 22 heavy (non-hydrogen) atoms. The summed E-state index contributed by atoms with van der Waals surface area (Å²) in [6.07, 6.45) is 1.51. The van der Waals surface area contributed by atoms with Gasteiger partial charge in [-0.1, -0.05) is 13.8 Å². The smallest absolute Gasteiger partial charge is 0.146 e. The fourth-order valence-electron chi connectivity index (χ4n) is 1.95. The van der Waals surface area contributed by atoms with E-state index < -0.39 is 5.82 Å². The fourth-order valence-corrected chi connectivity index (χ4v) is 1.95. The minimum atomic E-state index is -0.403. The first kappa shape index (κ1) is 16.2. The predicted octanol–water partition coefficient (Wildman–Crippen LogP) is 3.42. The van der Waals surface area contributed by atoms with Crippen molar-refractivity contribution < 1.29 is 19.0 Å². The summed E-state index contributed by atoms with van der Waals surface area (Å²) in [5.74, 6) is 0.909. The Bertz CT molecular complexity index is 644. The lowest BCUT2D eigenvalue weighted by Crippen LogP contribution is -2.07. The standard InChI is InChI=1S/C17H20FNO3/c1-11(2)10-22-16-6-12(9-20)8-19-17(16)14-7-13(21-3)4-5-15(14)18/h4-8,11,20H,9-10H2,1-3H3. The van der Waals surface area contributed by atoms with Crippen LogP contribution in [-0.4, -0.2) is 23.8 Å². The molecule has 0 amide bonds. The number of hydrogen-bond acceptors (Lipinski definition) is 4. The average molecular weight is 305 g/mol. The largest absolute Gasteiger partial charge is 0.497 e. The van der Waals surface area contributed by atoms with Crippen molar-refractivity contribution in [2.24, 2.45) is 5.92 Å². The molecule has 0 spiro atoms. The molecule has 0 unspecified atom stereocenters. The number of ether oxygens (including phenoxy) is 2. The van der Waals surface area contributed by atoms with E-state index in [-0.39, 0.29) is 6.61 Å². The molecule has 2 rings (SSSR count). The van der Waals surface area contributed by atoms with Crippen LogP contribution in [0.1, 0.15) is 19.4 Å². The van der Waals surface area contributed by atoms with Gasteiger partial charge < -0.3 is 14.6 Å². The van der Waals surface area contributed by atoms with E-state index in [1.807, 2.05) is 13.8 Å². The maximum absolute atomic E-state index is 14.2. The molecule has 0 saturated heterocycles. The van der Waals surface area contributed by atoms with E-state index in [1.54, 1.807) is 18.2 Å². The van der Waals surface area contributed by atoms with Gasteiger partial charge in [-0.05, 0) is 35.7 Å². The number of aromatic nitrogens is 1. The third kappa shape index (κ3) is 3.74. The molecule has 0 aliphatic heterocycles. The van der Waals surface area contributed by atoms with Crippen LogP contribution in [0.25, 0.3) is 11.3 Å². The first-order valence-corrected chi connectivity index (χ1v) is 7.11. The van der Waals surface area contributed by atoms with Gasteiger partial charge in [0.25, 0.3) is 0 Å². The molecule has 0 aliphatic carbocycles. The highest BCUT2D eigenvalue weighted by atomic mass is 19.1. The quantitative estimate of drug-likeness (QED) is 0.888. The van der Waals surface area contributed by atoms with Gasteiger partial charge in [-0.15, -0.1) is 0 Å². The lowest BCUT2D eigenvalue weighted by atomic mass is 10.1. The Labute approximate surface area is 129 Å². The van der Waals surface area contributed by atoms with Crippen LogP contribution < -0.4 is 9.47 Å². The molecule has 1 N–H and O–H groups in total. The summed E-state index contributed by atoms with van der Waals surface area (Å²) in [5, 5.41) is 9.25. The van der Waals surface area contributed by atoms with Crippen LogP contribution in [0.2, 0.25) is 0 Å². The van der Waals surface area contributed by atoms with Crippen LogP contribution in [-0.2, 0) is 6.61 Å². The number of aliphatic hydroxyl groups is 1. The van der Waals surface area contributed by atoms with Crippen molar-refractivity contribution in [3.8, 4) is 22.8 Å². The number of methoxy groups -OCH3 is 1. The SMILES string of the molecule is COc1ccc(F)c(-c2ncc(CO)cc2OCC(C)C)c1. The van der Waals surface area contributed by atoms with E-state index in [0.717, 1.165) is 0 Å². The summed E-state index contributed by atoms with van der Waals surface area (Å²) in [6.45, 7) is 4.38. The second-order valence-electron chi connectivity index (χ2n) is 5.40. The lowest BCUT2D eigenvalue weighted by molar-refractivity contribution is 0.265. The lowest BCUT2D eigenvalue weighted by Gasteiger charge is -2.14. The van der Waals surface area contributed by atoms with Gasteiger partial charge in [-0.2, -0.15) is 0 Å². The molecule has 5 heteroatoms. The number of nitrogens with zero attached hydrogens (tertiary/aromatic N) is 1. The molecule has 1 heterocycles. The highest BCUT2D eigenvalue weighted by Gasteiger charge is 2.15. The van der Waals surface area contributed by atoms with Gasteiger partial charge in [-0.3, -0.25) is 4.98 Å². The molecule has 0 aliphatic rings. The maximum atomic E-state index is 14.2. The van der Waals surface area contributed by atoms with Crippen molar-refractivity contribution in [2.75, 3.05) is 13.7 Å². The zero-order chi connectivity index (χ0) is 16.1. The second kappa shape index (κ2) is 7.22. The van der Waals surface area contributed by atoms with Gasteiger partial charge in [0.15, 0.2) is 0 Å². The number of halogens is 1. The van der Waals surface area contributed by atoms with Gasteiger partial charge in [0.1, 0.15) is 23.0 Å². The van der Waals surface area contributed by atoms with Crippen LogP contribution >= 0.6 is 0 Å². The Morgan fingerprint density at radius 2 is 2.05 bits per heavy atom. The number of rotatable bonds is 6. The minimum absolute atomic E-state index is 0.147. The molecule has 0 saturated carbocycles. The summed E-state index contributed by atoms with van der Waals surface area (Å²) < 4.78 is 25.0. The molecular weight excluding hydrogens is 285 g/mol. The minimum Gasteiger partial charge on any atom is -0.497 e. The van der Waals surface area contributed by atoms with Gasteiger partial charge in [-0.25, -0.2) is 4.39 Å². The van der Waals surface area contributed by atoms with E-state index in [2.05, 4.69) is 4.98 Å². The zero-order valence-corrected chi connectivity index (χ0v) is 13.0. The van der Waals surface area contributed by atoms with E-state index in [0.29, 0.717) is 40.8 Å². The highest BCUT2D eigenvalue weighted by molar-refractivity contribution is 5.68. The van der Waals surface area contributed by atoms with E-state index >= 15 is 0 Å². The second-order valence-corrected chi connectivity index (χ2v) is 5.40. The summed E-state index contributed by atoms with van der Waals surface area (Å²) in [4.78, 5) is 4.25. The normalized spacial score (nSPS) is 10.8. The van der Waals surface area contributed by atoms with Crippen molar-refractivity contribution in [1.82, 2.24) is 4.98 Å². The Morgan fingerprint density at radius 1 is 1.27 bits per heavy atom. The topological polar surface area (TPSA) is 51.6 Å². The maximum Gasteiger partial charge on any atom is 0.146 e. The zero-order valence-electron chi connectivity index (χ0n) is 13.0. The molecule has 0 bridgehead atoms. The first-order valence-electron chi connectivity index (χ1n) is 7.11. The Balaban J connectivity index is 2.49. The molecule has 1 aromatic carbocycles. The summed E-state index contributed by atoms with van der Waals surface area (Å²) in [7, 11) is 1.52. The van der Waals surface area contributed by atoms with Crippen LogP contribution in [0, 0.1) is 11.7 Å². The summed E-state index contributed by atoms with van der Waals surface area (Å²) in [5.41, 5.74) is 1.32. The van der Waals surface area contributed by atoms with E-state index in [9.17, 15) is 9.50 Å². The number of aliphatic hydroxyl groups excluding tert-OH is 1. The van der Waals surface area contributed by atoms with Crippen molar-refractivity contribution in [3.63, 3.8) is 0 Å². The fraction of sp³-hybridized carbons (Fsp3) is 0.353. The molecule has 1 aromatic heterocycles. The molecule has 0 fully saturated rings. The summed E-state index contributed by atoms with van der Waals surface area (Å²) >= 11 is 0. The van der Waals surface area contributed by atoms with Crippen LogP contribution in [0.3, 0.4) is 0 Å². The van der Waals surface area contributed by atoms with Crippen LogP contribution in [0.4, 0.5) is 4.39 Å². The monoisotopic (exact) mass is 305 g/mol. The Hall–Kier alpha value is -2.14. The third-order valence-electron chi connectivity index (χ3n) is 3.09. The molecular formula is C17H20FNO3. The van der Waals surface area contributed by atoms with Crippen molar-refractivity contribution >= 4 is 0 Å². The van der Waals surface area contributed by atoms with E-state index in [1.165, 1.54) is 19.4 Å². The van der Waals surface area contributed by atoms with Crippen molar-refractivity contribution in [1.29, 1.82) is 0 Å². The van der Waals surface area contributed by atoms with Crippen molar-refractivity contribution in [3.05, 3.63) is 41.8 Å².